The van der Waals surface area contributed by atoms with Gasteiger partial charge in [0.15, 0.2) is 11.6 Å². The fourth-order valence-electron chi connectivity index (χ4n) is 8.08. The first kappa shape index (κ1) is 45.6. The molecule has 6 rings (SSSR count). The summed E-state index contributed by atoms with van der Waals surface area (Å²) in [5.41, 5.74) is -1.78. The molecular weight excluding hydrogens is 799 g/mol. The van der Waals surface area contributed by atoms with Gasteiger partial charge in [-0.25, -0.2) is 18.8 Å². The van der Waals surface area contributed by atoms with E-state index in [0.717, 1.165) is 15.9 Å². The molecule has 0 aromatic heterocycles. The molecule has 3 fully saturated rings. The van der Waals surface area contributed by atoms with Crippen molar-refractivity contribution in [3.63, 3.8) is 0 Å². The minimum absolute atomic E-state index is 0.0888. The first-order valence-electron chi connectivity index (χ1n) is 20.2. The maximum absolute atomic E-state index is 15.0. The van der Waals surface area contributed by atoms with Crippen molar-refractivity contribution in [3.8, 4) is 5.75 Å². The first-order chi connectivity index (χ1) is 28.8. The molecule has 0 bridgehead atoms. The highest BCUT2D eigenvalue weighted by atomic mass is 19.1. The average Bonchev–Trinajstić information content (AvgIpc) is 3.20. The molecule has 1 aliphatic carbocycles. The number of nitrogens with zero attached hydrogens (tertiary/aromatic N) is 2. The molecule has 0 spiro atoms. The zero-order chi connectivity index (χ0) is 44.3. The second-order valence-electron chi connectivity index (χ2n) is 16.8. The van der Waals surface area contributed by atoms with Gasteiger partial charge in [0.25, 0.3) is 0 Å². The second kappa shape index (κ2) is 18.6. The van der Waals surface area contributed by atoms with Crippen LogP contribution in [0, 0.1) is 11.7 Å². The van der Waals surface area contributed by atoms with Crippen LogP contribution in [-0.2, 0) is 48.2 Å². The van der Waals surface area contributed by atoms with Crippen LogP contribution < -0.4 is 4.74 Å². The van der Waals surface area contributed by atoms with Gasteiger partial charge < -0.3 is 63.4 Å². The van der Waals surface area contributed by atoms with Crippen molar-refractivity contribution in [1.82, 2.24) is 9.80 Å². The number of ether oxygens (including phenoxy) is 7. The highest BCUT2D eigenvalue weighted by Crippen LogP contribution is 2.49. The van der Waals surface area contributed by atoms with E-state index in [9.17, 15) is 39.2 Å². The highest BCUT2D eigenvalue weighted by Gasteiger charge is 2.69. The summed E-state index contributed by atoms with van der Waals surface area (Å²) in [6, 6.07) is 20.0. The molecule has 332 valence electrons. The highest BCUT2D eigenvalue weighted by molar-refractivity contribution is 5.69. The molecule has 3 aromatic rings. The number of aliphatic hydroxyl groups excluding tert-OH is 2. The summed E-state index contributed by atoms with van der Waals surface area (Å²) < 4.78 is 55.2. The van der Waals surface area contributed by atoms with Crippen molar-refractivity contribution in [2.45, 2.75) is 127 Å². The molecule has 2 amide bonds. The van der Waals surface area contributed by atoms with Crippen molar-refractivity contribution in [3.05, 3.63) is 101 Å². The number of fused-ring (bicyclic) bond motifs is 2. The van der Waals surface area contributed by atoms with Crippen molar-refractivity contribution >= 4 is 18.3 Å². The Morgan fingerprint density at radius 1 is 0.852 bits per heavy atom. The van der Waals surface area contributed by atoms with E-state index in [-0.39, 0.29) is 38.2 Å². The molecule has 0 radical (unpaired) electrons. The number of halogens is 1. The molecule has 61 heavy (non-hydrogen) atoms. The van der Waals surface area contributed by atoms with Gasteiger partial charge in [-0.2, -0.15) is 0 Å². The lowest BCUT2D eigenvalue weighted by Crippen LogP contribution is -2.80. The van der Waals surface area contributed by atoms with E-state index in [1.54, 1.807) is 89.2 Å². The van der Waals surface area contributed by atoms with Crippen LogP contribution in [0.1, 0.15) is 64.2 Å². The summed E-state index contributed by atoms with van der Waals surface area (Å²) in [6.45, 7) is 6.84. The Morgan fingerprint density at radius 3 is 2.05 bits per heavy atom. The van der Waals surface area contributed by atoms with Gasteiger partial charge in [0.2, 0.25) is 12.1 Å². The summed E-state index contributed by atoms with van der Waals surface area (Å²) in [5.74, 6) is -5.01. The molecular formula is C44H55FN2O14. The van der Waals surface area contributed by atoms with Gasteiger partial charge in [-0.05, 0) is 62.9 Å². The third-order valence-corrected chi connectivity index (χ3v) is 11.1. The SMILES string of the molecule is CC[C@H]1[C@H](O)[C@H]2O[C@@H]3O[C@H](C)C[C@@](O)(CN(Cc4ccc(F)c(OC(=O)OC(C)(C)C)c4)C(=O)OCc4ccccc4)[C@]3(O)O[C@@H]2[C@@H](N(C)C(=O)OCc2ccccc2)[C@H]1O. The standard InChI is InChI=1S/C44H55FN2O14/c1-7-30-34(48)33(46(6)39(50)55-23-27-14-10-8-11-15-27)36-37(35(30)49)59-38-44(54,60-36)43(53,21-26(2)57-38)25-47(40(51)56-24-28-16-12-9-13-17-28)22-29-18-19-31(45)32(20-29)58-41(52)61-42(3,4)5/h8-20,26,30,33-38,48-49,53-54H,7,21-25H2,1-6H3/t26-,30-,33+,34+,35+,36-,37-,38+,43-,44-/m1/s1. The number of carbonyl (C=O) groups excluding carboxylic acids is 3. The van der Waals surface area contributed by atoms with Crippen LogP contribution in [0.3, 0.4) is 0 Å². The largest absolute Gasteiger partial charge is 0.514 e. The van der Waals surface area contributed by atoms with Gasteiger partial charge in [-0.1, -0.05) is 73.7 Å². The van der Waals surface area contributed by atoms with Crippen LogP contribution in [0.4, 0.5) is 18.8 Å². The number of carbonyl (C=O) groups is 3. The molecule has 3 aliphatic rings. The molecule has 4 N–H and O–H groups in total. The summed E-state index contributed by atoms with van der Waals surface area (Å²) in [4.78, 5) is 42.2. The zero-order valence-corrected chi connectivity index (χ0v) is 35.0. The van der Waals surface area contributed by atoms with Crippen LogP contribution in [0.2, 0.25) is 0 Å². The maximum atomic E-state index is 15.0. The van der Waals surface area contributed by atoms with E-state index >= 15 is 0 Å². The Kier molecular flexibility index (Phi) is 13.9. The fraction of sp³-hybridized carbons (Fsp3) is 0.523. The normalized spacial score (nSPS) is 29.6. The molecule has 3 aromatic carbocycles. The summed E-state index contributed by atoms with van der Waals surface area (Å²) in [6.07, 6.45) is -11.2. The first-order valence-corrected chi connectivity index (χ1v) is 20.2. The van der Waals surface area contributed by atoms with Gasteiger partial charge in [-0.15, -0.1) is 0 Å². The van der Waals surface area contributed by atoms with Crippen molar-refractivity contribution in [2.24, 2.45) is 5.92 Å². The Bertz CT molecular complexity index is 1990. The van der Waals surface area contributed by atoms with Crippen LogP contribution in [0.5, 0.6) is 5.75 Å². The van der Waals surface area contributed by atoms with Gasteiger partial charge >= 0.3 is 18.3 Å². The molecule has 0 unspecified atom stereocenters. The molecule has 2 saturated heterocycles. The fourth-order valence-corrected chi connectivity index (χ4v) is 8.08. The van der Waals surface area contributed by atoms with E-state index < -0.39 is 102 Å². The lowest BCUT2D eigenvalue weighted by molar-refractivity contribution is -0.486. The maximum Gasteiger partial charge on any atom is 0.514 e. The number of benzene rings is 3. The van der Waals surface area contributed by atoms with Crippen molar-refractivity contribution in [2.75, 3.05) is 13.6 Å². The average molecular weight is 855 g/mol. The Hall–Kier alpha value is -4.88. The van der Waals surface area contributed by atoms with E-state index in [0.29, 0.717) is 11.1 Å². The van der Waals surface area contributed by atoms with Crippen LogP contribution in [0.25, 0.3) is 0 Å². The third-order valence-electron chi connectivity index (χ3n) is 11.1. The van der Waals surface area contributed by atoms with Gasteiger partial charge in [-0.3, -0.25) is 0 Å². The van der Waals surface area contributed by atoms with Crippen molar-refractivity contribution in [1.29, 1.82) is 0 Å². The van der Waals surface area contributed by atoms with E-state index in [4.69, 9.17) is 33.2 Å². The van der Waals surface area contributed by atoms with Crippen molar-refractivity contribution < 1.29 is 72.4 Å². The third kappa shape index (κ3) is 10.3. The number of likely N-dealkylation sites (N-methyl/N-ethyl adjacent to an activating group) is 1. The van der Waals surface area contributed by atoms with Crippen LogP contribution in [-0.4, -0.2) is 122 Å². The Labute approximate surface area is 353 Å². The van der Waals surface area contributed by atoms with Gasteiger partial charge in [0.1, 0.15) is 36.6 Å². The molecule has 2 aliphatic heterocycles. The van der Waals surface area contributed by atoms with E-state index in [2.05, 4.69) is 0 Å². The van der Waals surface area contributed by atoms with Gasteiger partial charge in [0.05, 0.1) is 30.9 Å². The van der Waals surface area contributed by atoms with E-state index in [1.165, 1.54) is 19.2 Å². The number of rotatable bonds is 11. The van der Waals surface area contributed by atoms with Crippen LogP contribution in [0.15, 0.2) is 78.9 Å². The zero-order valence-electron chi connectivity index (χ0n) is 35.0. The lowest BCUT2D eigenvalue weighted by Gasteiger charge is -2.61. The monoisotopic (exact) mass is 854 g/mol. The molecule has 10 atom stereocenters. The molecule has 16 nitrogen and oxygen atoms in total. The predicted molar refractivity (Wildman–Crippen MR) is 213 cm³/mol. The van der Waals surface area contributed by atoms with Crippen LogP contribution >= 0.6 is 0 Å². The summed E-state index contributed by atoms with van der Waals surface area (Å²) in [5, 5.41) is 48.6. The smallest absolute Gasteiger partial charge is 0.445 e. The predicted octanol–water partition coefficient (Wildman–Crippen LogP) is 5.02. The molecule has 1 saturated carbocycles. The summed E-state index contributed by atoms with van der Waals surface area (Å²) in [7, 11) is 1.38. The lowest BCUT2D eigenvalue weighted by atomic mass is 9.73. The minimum Gasteiger partial charge on any atom is -0.445 e. The molecule has 17 heteroatoms. The summed E-state index contributed by atoms with van der Waals surface area (Å²) >= 11 is 0. The minimum atomic E-state index is -2.81. The molecule has 2 heterocycles. The number of amides is 2. The number of aliphatic hydroxyl groups is 4. The topological polar surface area (TPSA) is 203 Å². The Morgan fingerprint density at radius 2 is 1.46 bits per heavy atom. The van der Waals surface area contributed by atoms with Gasteiger partial charge in [0, 0.05) is 25.9 Å². The number of hydrogen-bond acceptors (Lipinski definition) is 14. The quantitative estimate of drug-likeness (QED) is 0.114. The number of hydrogen-bond donors (Lipinski definition) is 4. The van der Waals surface area contributed by atoms with E-state index in [1.807, 2.05) is 6.07 Å². The second-order valence-corrected chi connectivity index (χ2v) is 16.8. The Balaban J connectivity index is 1.31.